The van der Waals surface area contributed by atoms with Gasteiger partial charge in [-0.15, -0.1) is 11.3 Å². The third-order valence-electron chi connectivity index (χ3n) is 3.49. The fourth-order valence-corrected chi connectivity index (χ4v) is 3.16. The van der Waals surface area contributed by atoms with Crippen LogP contribution in [0.2, 0.25) is 0 Å². The highest BCUT2D eigenvalue weighted by molar-refractivity contribution is 7.13. The Kier molecular flexibility index (Phi) is 4.82. The molecule has 1 aromatic heterocycles. The maximum atomic E-state index is 12.8. The summed E-state index contributed by atoms with van der Waals surface area (Å²) in [5.74, 6) is -1.23. The van der Waals surface area contributed by atoms with E-state index in [4.69, 9.17) is 0 Å². The maximum absolute atomic E-state index is 12.8. The van der Waals surface area contributed by atoms with E-state index in [2.05, 4.69) is 31.1 Å². The van der Waals surface area contributed by atoms with Crippen molar-refractivity contribution in [3.63, 3.8) is 0 Å². The third kappa shape index (κ3) is 4.85. The monoisotopic (exact) mass is 321 g/mol. The molecule has 1 N–H and O–H groups in total. The number of rotatable bonds is 3. The van der Waals surface area contributed by atoms with Crippen molar-refractivity contribution < 1.29 is 13.2 Å². The third-order valence-corrected chi connectivity index (χ3v) is 4.44. The molecule has 0 saturated carbocycles. The first-order chi connectivity index (χ1) is 9.65. The van der Waals surface area contributed by atoms with Gasteiger partial charge in [0.2, 0.25) is 0 Å². The van der Waals surface area contributed by atoms with Gasteiger partial charge in [0, 0.05) is 30.6 Å². The Balaban J connectivity index is 1.97. The summed E-state index contributed by atoms with van der Waals surface area (Å²) in [6.07, 6.45) is -3.31. The van der Waals surface area contributed by atoms with Crippen LogP contribution in [0, 0.1) is 5.92 Å². The van der Waals surface area contributed by atoms with Crippen molar-refractivity contribution in [2.24, 2.45) is 5.92 Å². The van der Waals surface area contributed by atoms with Crippen molar-refractivity contribution in [3.8, 4) is 0 Å². The van der Waals surface area contributed by atoms with Crippen molar-refractivity contribution in [2.45, 2.75) is 51.9 Å². The highest BCUT2D eigenvalue weighted by Gasteiger charge is 2.42. The molecule has 1 saturated heterocycles. The van der Waals surface area contributed by atoms with Gasteiger partial charge >= 0.3 is 6.18 Å². The van der Waals surface area contributed by atoms with Crippen LogP contribution in [0.4, 0.5) is 18.3 Å². The van der Waals surface area contributed by atoms with E-state index in [9.17, 15) is 13.2 Å². The first-order valence-electron chi connectivity index (χ1n) is 7.16. The lowest BCUT2D eigenvalue weighted by molar-refractivity contribution is -0.175. The zero-order valence-corrected chi connectivity index (χ0v) is 13.4. The number of hydrogen-bond donors (Lipinski definition) is 1. The van der Waals surface area contributed by atoms with Crippen LogP contribution >= 0.6 is 11.3 Å². The molecule has 120 valence electrons. The number of nitrogens with zero attached hydrogens (tertiary/aromatic N) is 2. The number of thiazole rings is 1. The number of nitrogens with one attached hydrogen (secondary N) is 1. The van der Waals surface area contributed by atoms with Gasteiger partial charge in [-0.2, -0.15) is 13.2 Å². The molecule has 3 nitrogen and oxygen atoms in total. The molecule has 1 aliphatic rings. The largest absolute Gasteiger partial charge is 0.393 e. The molecule has 1 fully saturated rings. The zero-order chi connectivity index (χ0) is 15.7. The fourth-order valence-electron chi connectivity index (χ4n) is 2.30. The van der Waals surface area contributed by atoms with Gasteiger partial charge in [0.15, 0.2) is 5.13 Å². The Hall–Kier alpha value is -0.820. The van der Waals surface area contributed by atoms with Crippen LogP contribution in [0.15, 0.2) is 5.38 Å². The second-order valence-corrected chi connectivity index (χ2v) is 7.39. The molecule has 0 radical (unpaired) electrons. The Morgan fingerprint density at radius 2 is 2.10 bits per heavy atom. The molecule has 21 heavy (non-hydrogen) atoms. The van der Waals surface area contributed by atoms with Gasteiger partial charge < -0.3 is 10.2 Å². The minimum Gasteiger partial charge on any atom is -0.347 e. The van der Waals surface area contributed by atoms with E-state index >= 15 is 0 Å². The Bertz CT molecular complexity index is 465. The van der Waals surface area contributed by atoms with Crippen LogP contribution in [0.25, 0.3) is 0 Å². The van der Waals surface area contributed by atoms with Gasteiger partial charge in [0.25, 0.3) is 0 Å². The predicted molar refractivity (Wildman–Crippen MR) is 79.7 cm³/mol. The van der Waals surface area contributed by atoms with Gasteiger partial charge in [0.05, 0.1) is 11.6 Å². The summed E-state index contributed by atoms with van der Waals surface area (Å²) in [6, 6.07) is 0. The van der Waals surface area contributed by atoms with Crippen LogP contribution in [0.1, 0.15) is 39.3 Å². The smallest absolute Gasteiger partial charge is 0.347 e. The summed E-state index contributed by atoms with van der Waals surface area (Å²) < 4.78 is 38.5. The van der Waals surface area contributed by atoms with E-state index in [0.29, 0.717) is 24.6 Å². The van der Waals surface area contributed by atoms with Gasteiger partial charge in [-0.1, -0.05) is 0 Å². The van der Waals surface area contributed by atoms with Crippen LogP contribution in [-0.4, -0.2) is 29.8 Å². The lowest BCUT2D eigenvalue weighted by atomic mass is 9.98. The average Bonchev–Trinajstić information content (AvgIpc) is 2.83. The highest BCUT2D eigenvalue weighted by atomic mass is 32.1. The summed E-state index contributed by atoms with van der Waals surface area (Å²) in [6.45, 7) is 7.53. The van der Waals surface area contributed by atoms with Crippen molar-refractivity contribution in [3.05, 3.63) is 11.1 Å². The van der Waals surface area contributed by atoms with Gasteiger partial charge in [-0.25, -0.2) is 4.98 Å². The predicted octanol–water partition coefficient (Wildman–Crippen LogP) is 3.81. The van der Waals surface area contributed by atoms with Crippen molar-refractivity contribution in [1.29, 1.82) is 0 Å². The molecule has 0 aliphatic carbocycles. The minimum atomic E-state index is -4.10. The number of halogens is 3. The van der Waals surface area contributed by atoms with Crippen LogP contribution in [0.3, 0.4) is 0 Å². The van der Waals surface area contributed by atoms with Crippen molar-refractivity contribution in [2.75, 3.05) is 18.0 Å². The molecule has 1 aromatic rings. The van der Waals surface area contributed by atoms with Crippen LogP contribution in [0.5, 0.6) is 0 Å². The average molecular weight is 321 g/mol. The topological polar surface area (TPSA) is 28.2 Å². The second kappa shape index (κ2) is 6.12. The molecule has 1 unspecified atom stereocenters. The molecule has 2 rings (SSSR count). The van der Waals surface area contributed by atoms with Crippen LogP contribution in [-0.2, 0) is 6.54 Å². The van der Waals surface area contributed by atoms with Gasteiger partial charge in [-0.3, -0.25) is 0 Å². The maximum Gasteiger partial charge on any atom is 0.393 e. The van der Waals surface area contributed by atoms with Crippen molar-refractivity contribution in [1.82, 2.24) is 10.3 Å². The molecular formula is C14H22F3N3S. The Labute approximate surface area is 127 Å². The number of aromatic nitrogens is 1. The first kappa shape index (κ1) is 16.5. The standard InChI is InChI=1S/C14H22F3N3S/c1-13(2,3)18-7-11-9-21-12(19-11)20-6-4-5-10(8-20)14(15,16)17/h9-10,18H,4-8H2,1-3H3. The minimum absolute atomic E-state index is 0.00369. The summed E-state index contributed by atoms with van der Waals surface area (Å²) in [5.41, 5.74) is 0.884. The lowest BCUT2D eigenvalue weighted by Gasteiger charge is -2.33. The number of anilines is 1. The van der Waals surface area contributed by atoms with Gasteiger partial charge in [0.1, 0.15) is 0 Å². The first-order valence-corrected chi connectivity index (χ1v) is 8.04. The Morgan fingerprint density at radius 1 is 1.38 bits per heavy atom. The van der Waals surface area contributed by atoms with E-state index in [0.717, 1.165) is 5.69 Å². The van der Waals surface area contributed by atoms with E-state index in [1.54, 1.807) is 4.90 Å². The molecule has 7 heteroatoms. The molecule has 2 heterocycles. The lowest BCUT2D eigenvalue weighted by Crippen LogP contribution is -2.41. The number of alkyl halides is 3. The molecule has 0 spiro atoms. The summed E-state index contributed by atoms with van der Waals surface area (Å²) in [5, 5.41) is 5.96. The zero-order valence-electron chi connectivity index (χ0n) is 12.6. The molecule has 0 amide bonds. The quantitative estimate of drug-likeness (QED) is 0.917. The number of hydrogen-bond acceptors (Lipinski definition) is 4. The highest BCUT2D eigenvalue weighted by Crippen LogP contribution is 2.35. The Morgan fingerprint density at radius 3 is 2.71 bits per heavy atom. The normalized spacial score (nSPS) is 20.9. The van der Waals surface area contributed by atoms with Crippen molar-refractivity contribution >= 4 is 16.5 Å². The summed E-state index contributed by atoms with van der Waals surface area (Å²) >= 11 is 1.43. The molecular weight excluding hydrogens is 299 g/mol. The van der Waals surface area contributed by atoms with Crippen LogP contribution < -0.4 is 10.2 Å². The second-order valence-electron chi connectivity index (χ2n) is 6.55. The van der Waals surface area contributed by atoms with E-state index in [1.165, 1.54) is 11.3 Å². The molecule has 0 aromatic carbocycles. The van der Waals surface area contributed by atoms with E-state index in [-0.39, 0.29) is 18.5 Å². The molecule has 1 aliphatic heterocycles. The SMILES string of the molecule is CC(C)(C)NCc1csc(N2CCCC(C(F)(F)F)C2)n1. The fraction of sp³-hybridized carbons (Fsp3) is 0.786. The summed E-state index contributed by atoms with van der Waals surface area (Å²) in [4.78, 5) is 6.24. The van der Waals surface area contributed by atoms with E-state index in [1.807, 2.05) is 5.38 Å². The van der Waals surface area contributed by atoms with E-state index < -0.39 is 12.1 Å². The molecule has 1 atom stereocenters. The summed E-state index contributed by atoms with van der Waals surface area (Å²) in [7, 11) is 0. The number of piperidine rings is 1. The van der Waals surface area contributed by atoms with Gasteiger partial charge in [-0.05, 0) is 33.6 Å². The molecule has 0 bridgehead atoms.